The maximum Gasteiger partial charge on any atom is 0.306 e. The zero-order valence-electron chi connectivity index (χ0n) is 11.4. The Morgan fingerprint density at radius 2 is 2.11 bits per heavy atom. The first-order chi connectivity index (χ1) is 8.78. The summed E-state index contributed by atoms with van der Waals surface area (Å²) in [6.07, 6.45) is 4.57. The minimum absolute atomic E-state index is 0.149. The molecule has 1 N–H and O–H groups in total. The topological polar surface area (TPSA) is 71.4 Å². The summed E-state index contributed by atoms with van der Waals surface area (Å²) in [5, 5.41) is 9.08. The number of ketones is 2. The molecule has 4 heteroatoms. The van der Waals surface area contributed by atoms with Crippen LogP contribution in [0.1, 0.15) is 33.6 Å². The van der Waals surface area contributed by atoms with Gasteiger partial charge in [0.2, 0.25) is 0 Å². The van der Waals surface area contributed by atoms with Crippen LogP contribution in [-0.2, 0) is 14.4 Å². The summed E-state index contributed by atoms with van der Waals surface area (Å²) in [6.45, 7) is 5.16. The number of fused-ring (bicyclic) bond motifs is 1. The van der Waals surface area contributed by atoms with Gasteiger partial charge in [-0.1, -0.05) is 19.9 Å². The Balaban J connectivity index is 2.44. The number of carboxylic acids is 1. The molecule has 2 aliphatic rings. The number of rotatable bonds is 2. The predicted molar refractivity (Wildman–Crippen MR) is 69.5 cm³/mol. The van der Waals surface area contributed by atoms with Gasteiger partial charge in [0.25, 0.3) is 0 Å². The van der Waals surface area contributed by atoms with Gasteiger partial charge in [-0.3, -0.25) is 14.4 Å². The summed E-state index contributed by atoms with van der Waals surface area (Å²) in [5.41, 5.74) is 0.575. The van der Waals surface area contributed by atoms with Gasteiger partial charge in [0.05, 0.1) is 5.92 Å². The first kappa shape index (κ1) is 13.7. The fraction of sp³-hybridized carbons (Fsp3) is 0.533. The van der Waals surface area contributed by atoms with Gasteiger partial charge in [0.1, 0.15) is 0 Å². The Kier molecular flexibility index (Phi) is 3.20. The SMILES string of the molecule is CC1=C2C(=O)C(C(C)C(=O)O)CCC2(C)C=CC1=O. The van der Waals surface area contributed by atoms with Gasteiger partial charge < -0.3 is 5.11 Å². The van der Waals surface area contributed by atoms with Crippen LogP contribution >= 0.6 is 0 Å². The Morgan fingerprint density at radius 1 is 1.47 bits per heavy atom. The molecule has 0 aromatic heterocycles. The van der Waals surface area contributed by atoms with Crippen LogP contribution in [0.4, 0.5) is 0 Å². The van der Waals surface area contributed by atoms with Crippen LogP contribution in [0.15, 0.2) is 23.3 Å². The van der Waals surface area contributed by atoms with Gasteiger partial charge in [-0.25, -0.2) is 0 Å². The van der Waals surface area contributed by atoms with E-state index in [4.69, 9.17) is 5.11 Å². The summed E-state index contributed by atoms with van der Waals surface area (Å²) in [7, 11) is 0. The molecule has 0 spiro atoms. The molecule has 2 rings (SSSR count). The van der Waals surface area contributed by atoms with Crippen molar-refractivity contribution in [1.82, 2.24) is 0 Å². The van der Waals surface area contributed by atoms with Crippen LogP contribution < -0.4 is 0 Å². The predicted octanol–water partition coefficient (Wildman–Crippen LogP) is 2.15. The van der Waals surface area contributed by atoms with E-state index in [9.17, 15) is 14.4 Å². The molecule has 0 saturated heterocycles. The maximum absolute atomic E-state index is 12.6. The van der Waals surface area contributed by atoms with E-state index in [0.717, 1.165) is 0 Å². The van der Waals surface area contributed by atoms with Gasteiger partial charge in [0, 0.05) is 22.5 Å². The molecule has 3 atom stereocenters. The molecule has 1 fully saturated rings. The van der Waals surface area contributed by atoms with Gasteiger partial charge in [-0.2, -0.15) is 0 Å². The normalized spacial score (nSPS) is 32.3. The Bertz CT molecular complexity index is 526. The molecule has 3 unspecified atom stereocenters. The molecule has 0 heterocycles. The summed E-state index contributed by atoms with van der Waals surface area (Å²) in [4.78, 5) is 35.4. The number of allylic oxidation sites excluding steroid dienone is 4. The molecular formula is C15H18O4. The average molecular weight is 262 g/mol. The number of aliphatic carboxylic acids is 1. The number of hydrogen-bond donors (Lipinski definition) is 1. The third kappa shape index (κ3) is 2.05. The monoisotopic (exact) mass is 262 g/mol. The minimum atomic E-state index is -0.960. The van der Waals surface area contributed by atoms with Crippen molar-refractivity contribution in [3.8, 4) is 0 Å². The molecule has 2 aliphatic carbocycles. The van der Waals surface area contributed by atoms with Crippen LogP contribution in [0.2, 0.25) is 0 Å². The molecule has 1 saturated carbocycles. The van der Waals surface area contributed by atoms with Crippen molar-refractivity contribution in [3.05, 3.63) is 23.3 Å². The van der Waals surface area contributed by atoms with E-state index in [2.05, 4.69) is 0 Å². The zero-order chi connectivity index (χ0) is 14.4. The molecule has 0 radical (unpaired) electrons. The lowest BCUT2D eigenvalue weighted by atomic mass is 9.61. The maximum atomic E-state index is 12.6. The van der Waals surface area contributed by atoms with Gasteiger partial charge in [-0.15, -0.1) is 0 Å². The van der Waals surface area contributed by atoms with Crippen LogP contribution in [0.5, 0.6) is 0 Å². The van der Waals surface area contributed by atoms with Crippen LogP contribution in [0.3, 0.4) is 0 Å². The fourth-order valence-electron chi connectivity index (χ4n) is 3.12. The van der Waals surface area contributed by atoms with Crippen molar-refractivity contribution in [2.45, 2.75) is 33.6 Å². The van der Waals surface area contributed by atoms with Crippen molar-refractivity contribution in [2.24, 2.45) is 17.3 Å². The van der Waals surface area contributed by atoms with Gasteiger partial charge in [-0.05, 0) is 25.8 Å². The second-order valence-electron chi connectivity index (χ2n) is 5.75. The second kappa shape index (κ2) is 4.44. The molecule has 19 heavy (non-hydrogen) atoms. The number of hydrogen-bond acceptors (Lipinski definition) is 3. The van der Waals surface area contributed by atoms with E-state index in [-0.39, 0.29) is 11.6 Å². The lowest BCUT2D eigenvalue weighted by Gasteiger charge is -2.40. The van der Waals surface area contributed by atoms with Crippen LogP contribution in [0, 0.1) is 17.3 Å². The number of carbonyl (C=O) groups excluding carboxylic acids is 2. The minimum Gasteiger partial charge on any atom is -0.481 e. The fourth-order valence-corrected chi connectivity index (χ4v) is 3.12. The van der Waals surface area contributed by atoms with E-state index >= 15 is 0 Å². The molecule has 0 amide bonds. The van der Waals surface area contributed by atoms with Crippen LogP contribution in [-0.4, -0.2) is 22.6 Å². The third-order valence-electron chi connectivity index (χ3n) is 4.47. The third-order valence-corrected chi connectivity index (χ3v) is 4.47. The van der Waals surface area contributed by atoms with Crippen molar-refractivity contribution < 1.29 is 19.5 Å². The highest BCUT2D eigenvalue weighted by molar-refractivity contribution is 6.14. The summed E-state index contributed by atoms with van der Waals surface area (Å²) >= 11 is 0. The van der Waals surface area contributed by atoms with Crippen molar-refractivity contribution in [3.63, 3.8) is 0 Å². The number of carbonyl (C=O) groups is 3. The lowest BCUT2D eigenvalue weighted by molar-refractivity contribution is -0.146. The van der Waals surface area contributed by atoms with Crippen LogP contribution in [0.25, 0.3) is 0 Å². The molecule has 0 aromatic carbocycles. The quantitative estimate of drug-likeness (QED) is 0.827. The molecule has 0 aromatic rings. The van der Waals surface area contributed by atoms with E-state index in [1.807, 2.05) is 6.92 Å². The Hall–Kier alpha value is -1.71. The highest BCUT2D eigenvalue weighted by Gasteiger charge is 2.46. The van der Waals surface area contributed by atoms with Crippen molar-refractivity contribution in [2.75, 3.05) is 0 Å². The highest BCUT2D eigenvalue weighted by atomic mass is 16.4. The smallest absolute Gasteiger partial charge is 0.306 e. The second-order valence-corrected chi connectivity index (χ2v) is 5.75. The first-order valence-electron chi connectivity index (χ1n) is 6.50. The van der Waals surface area contributed by atoms with Crippen molar-refractivity contribution >= 4 is 17.5 Å². The molecule has 4 nitrogen and oxygen atoms in total. The summed E-state index contributed by atoms with van der Waals surface area (Å²) in [5.74, 6) is -2.51. The average Bonchev–Trinajstić information content (AvgIpc) is 2.34. The van der Waals surface area contributed by atoms with Gasteiger partial charge >= 0.3 is 5.97 Å². The van der Waals surface area contributed by atoms with E-state index in [1.165, 1.54) is 6.08 Å². The van der Waals surface area contributed by atoms with E-state index in [1.54, 1.807) is 19.9 Å². The number of Topliss-reactive ketones (excluding diaryl/α,β-unsaturated/α-hetero) is 1. The standard InChI is InChI=1S/C15H18O4/c1-8(14(18)19)10-4-6-15(3)7-5-11(16)9(2)12(15)13(10)17/h5,7-8,10H,4,6H2,1-3H3,(H,18,19). The summed E-state index contributed by atoms with van der Waals surface area (Å²) in [6, 6.07) is 0. The number of carboxylic acid groups (broad SMARTS) is 1. The Morgan fingerprint density at radius 3 is 2.68 bits per heavy atom. The lowest BCUT2D eigenvalue weighted by Crippen LogP contribution is -2.41. The van der Waals surface area contributed by atoms with Crippen molar-refractivity contribution in [1.29, 1.82) is 0 Å². The highest BCUT2D eigenvalue weighted by Crippen LogP contribution is 2.47. The van der Waals surface area contributed by atoms with E-state index < -0.39 is 23.2 Å². The zero-order valence-corrected chi connectivity index (χ0v) is 11.4. The molecular weight excluding hydrogens is 244 g/mol. The molecule has 0 aliphatic heterocycles. The largest absolute Gasteiger partial charge is 0.481 e. The molecule has 0 bridgehead atoms. The van der Waals surface area contributed by atoms with E-state index in [0.29, 0.717) is 24.0 Å². The molecule has 102 valence electrons. The van der Waals surface area contributed by atoms with Gasteiger partial charge in [0.15, 0.2) is 11.6 Å². The Labute approximate surface area is 112 Å². The first-order valence-corrected chi connectivity index (χ1v) is 6.50. The summed E-state index contributed by atoms with van der Waals surface area (Å²) < 4.78 is 0.